The average molecular weight is 380 g/mol. The van der Waals surface area contributed by atoms with Gasteiger partial charge in [0.05, 0.1) is 4.90 Å². The molecule has 2 aliphatic heterocycles. The highest BCUT2D eigenvalue weighted by Gasteiger charge is 2.38. The van der Waals surface area contributed by atoms with Crippen LogP contribution < -0.4 is 5.73 Å². The van der Waals surface area contributed by atoms with Crippen LogP contribution in [0.25, 0.3) is 0 Å². The standard InChI is InChI=1S/C19H29N3O3S/c1-13-6-9-17(11-18(13)19(20)23)26(24,25)21-10-4-5-16(12-21)22-14(2)7-8-15(22)3/h6,9,11,14-16H,4-5,7-8,10,12H2,1-3H3,(H2,20,23). The van der Waals surface area contributed by atoms with E-state index in [1.54, 1.807) is 23.4 Å². The minimum absolute atomic E-state index is 0.153. The predicted octanol–water partition coefficient (Wildman–Crippen LogP) is 2.12. The summed E-state index contributed by atoms with van der Waals surface area (Å²) in [5.41, 5.74) is 6.34. The number of nitrogens with zero attached hydrogens (tertiary/aromatic N) is 2. The second-order valence-electron chi connectivity index (χ2n) is 7.72. The van der Waals surface area contributed by atoms with E-state index in [4.69, 9.17) is 5.73 Å². The van der Waals surface area contributed by atoms with Crippen molar-refractivity contribution >= 4 is 15.9 Å². The number of rotatable bonds is 4. The van der Waals surface area contributed by atoms with Gasteiger partial charge in [-0.05, 0) is 64.2 Å². The summed E-state index contributed by atoms with van der Waals surface area (Å²) in [5.74, 6) is -0.601. The van der Waals surface area contributed by atoms with Gasteiger partial charge in [-0.25, -0.2) is 8.42 Å². The number of benzene rings is 1. The molecule has 1 aromatic rings. The van der Waals surface area contributed by atoms with E-state index in [-0.39, 0.29) is 16.5 Å². The molecular formula is C19H29N3O3S. The van der Waals surface area contributed by atoms with E-state index in [2.05, 4.69) is 18.7 Å². The Balaban J connectivity index is 1.85. The molecule has 2 aliphatic rings. The molecule has 2 fully saturated rings. The number of hydrogen-bond acceptors (Lipinski definition) is 4. The lowest BCUT2D eigenvalue weighted by molar-refractivity contribution is 0.0978. The topological polar surface area (TPSA) is 83.7 Å². The minimum atomic E-state index is -3.63. The van der Waals surface area contributed by atoms with Gasteiger partial charge in [-0.15, -0.1) is 0 Å². The molecule has 0 saturated carbocycles. The zero-order chi connectivity index (χ0) is 19.1. The Bertz CT molecular complexity index is 783. The van der Waals surface area contributed by atoms with E-state index < -0.39 is 15.9 Å². The molecule has 0 bridgehead atoms. The van der Waals surface area contributed by atoms with Crippen molar-refractivity contribution in [2.24, 2.45) is 5.73 Å². The molecule has 26 heavy (non-hydrogen) atoms. The third kappa shape index (κ3) is 3.52. The SMILES string of the molecule is Cc1ccc(S(=O)(=O)N2CCCC(N3C(C)CCC3C)C2)cc1C(N)=O. The number of carbonyl (C=O) groups is 1. The van der Waals surface area contributed by atoms with E-state index in [0.717, 1.165) is 12.8 Å². The number of piperidine rings is 1. The molecule has 7 heteroatoms. The fourth-order valence-corrected chi connectivity index (χ4v) is 6.04. The minimum Gasteiger partial charge on any atom is -0.366 e. The van der Waals surface area contributed by atoms with E-state index in [0.29, 0.717) is 30.7 Å². The molecule has 3 atom stereocenters. The number of aryl methyl sites for hydroxylation is 1. The molecule has 0 radical (unpaired) electrons. The average Bonchev–Trinajstić information content (AvgIpc) is 2.93. The first-order chi connectivity index (χ1) is 12.2. The molecule has 3 unspecified atom stereocenters. The van der Waals surface area contributed by atoms with Crippen LogP contribution in [0, 0.1) is 6.92 Å². The highest BCUT2D eigenvalue weighted by molar-refractivity contribution is 7.89. The summed E-state index contributed by atoms with van der Waals surface area (Å²) in [4.78, 5) is 14.2. The Morgan fingerprint density at radius 1 is 1.15 bits per heavy atom. The van der Waals surface area contributed by atoms with Gasteiger partial charge in [-0.3, -0.25) is 9.69 Å². The quantitative estimate of drug-likeness (QED) is 0.868. The Hall–Kier alpha value is -1.44. The lowest BCUT2D eigenvalue weighted by Crippen LogP contribution is -2.52. The molecule has 6 nitrogen and oxygen atoms in total. The number of nitrogens with two attached hydrogens (primary N) is 1. The van der Waals surface area contributed by atoms with Crippen LogP contribution in [0.15, 0.2) is 23.1 Å². The van der Waals surface area contributed by atoms with Crippen molar-refractivity contribution in [1.82, 2.24) is 9.21 Å². The van der Waals surface area contributed by atoms with Gasteiger partial charge in [0.15, 0.2) is 0 Å². The molecule has 0 aromatic heterocycles. The van der Waals surface area contributed by atoms with Crippen molar-refractivity contribution < 1.29 is 13.2 Å². The van der Waals surface area contributed by atoms with Gasteiger partial charge in [0.2, 0.25) is 15.9 Å². The summed E-state index contributed by atoms with van der Waals surface area (Å²) in [7, 11) is -3.63. The van der Waals surface area contributed by atoms with Crippen LogP contribution in [0.1, 0.15) is 55.5 Å². The van der Waals surface area contributed by atoms with Gasteiger partial charge in [-0.1, -0.05) is 6.07 Å². The zero-order valence-corrected chi connectivity index (χ0v) is 16.6. The molecule has 144 valence electrons. The maximum Gasteiger partial charge on any atom is 0.249 e. The van der Waals surface area contributed by atoms with Crippen LogP contribution >= 0.6 is 0 Å². The normalized spacial score (nSPS) is 28.3. The summed E-state index contributed by atoms with van der Waals surface area (Å²) in [6.07, 6.45) is 4.23. The van der Waals surface area contributed by atoms with E-state index in [1.165, 1.54) is 18.9 Å². The Kier molecular flexibility index (Phi) is 5.42. The van der Waals surface area contributed by atoms with Crippen molar-refractivity contribution in [2.45, 2.75) is 69.5 Å². The monoisotopic (exact) mass is 379 g/mol. The molecule has 2 saturated heterocycles. The Morgan fingerprint density at radius 3 is 2.42 bits per heavy atom. The first-order valence-electron chi connectivity index (χ1n) is 9.40. The molecule has 0 spiro atoms. The summed E-state index contributed by atoms with van der Waals surface area (Å²) < 4.78 is 27.9. The van der Waals surface area contributed by atoms with Gasteiger partial charge in [-0.2, -0.15) is 4.31 Å². The van der Waals surface area contributed by atoms with Gasteiger partial charge < -0.3 is 5.73 Å². The van der Waals surface area contributed by atoms with Crippen molar-refractivity contribution in [3.63, 3.8) is 0 Å². The molecule has 1 amide bonds. The van der Waals surface area contributed by atoms with Crippen LogP contribution in [-0.4, -0.2) is 54.7 Å². The first kappa shape index (κ1) is 19.3. The Morgan fingerprint density at radius 2 is 1.81 bits per heavy atom. The van der Waals surface area contributed by atoms with Crippen molar-refractivity contribution in [3.8, 4) is 0 Å². The lowest BCUT2D eigenvalue weighted by Gasteiger charge is -2.41. The second-order valence-corrected chi connectivity index (χ2v) is 9.66. The largest absolute Gasteiger partial charge is 0.366 e. The molecule has 2 heterocycles. The van der Waals surface area contributed by atoms with E-state index in [1.807, 2.05) is 0 Å². The summed E-state index contributed by atoms with van der Waals surface area (Å²) >= 11 is 0. The van der Waals surface area contributed by atoms with E-state index in [9.17, 15) is 13.2 Å². The first-order valence-corrected chi connectivity index (χ1v) is 10.8. The number of carbonyl (C=O) groups excluding carboxylic acids is 1. The van der Waals surface area contributed by atoms with Gasteiger partial charge in [0.1, 0.15) is 0 Å². The van der Waals surface area contributed by atoms with Crippen LogP contribution in [-0.2, 0) is 10.0 Å². The molecule has 2 N–H and O–H groups in total. The van der Waals surface area contributed by atoms with Gasteiger partial charge in [0.25, 0.3) is 0 Å². The lowest BCUT2D eigenvalue weighted by atomic mass is 10.0. The van der Waals surface area contributed by atoms with Crippen LogP contribution in [0.5, 0.6) is 0 Å². The number of hydrogen-bond donors (Lipinski definition) is 1. The molecule has 3 rings (SSSR count). The van der Waals surface area contributed by atoms with E-state index >= 15 is 0 Å². The number of primary amides is 1. The van der Waals surface area contributed by atoms with Crippen LogP contribution in [0.4, 0.5) is 0 Å². The summed E-state index contributed by atoms with van der Waals surface area (Å²) in [6.45, 7) is 7.25. The number of amides is 1. The van der Waals surface area contributed by atoms with Crippen molar-refractivity contribution in [3.05, 3.63) is 29.3 Å². The zero-order valence-electron chi connectivity index (χ0n) is 15.8. The summed E-state index contributed by atoms with van der Waals surface area (Å²) in [5, 5.41) is 0. The van der Waals surface area contributed by atoms with Gasteiger partial charge in [0, 0.05) is 36.8 Å². The third-order valence-corrected chi connectivity index (χ3v) is 7.77. The van der Waals surface area contributed by atoms with Crippen molar-refractivity contribution in [1.29, 1.82) is 0 Å². The molecular weight excluding hydrogens is 350 g/mol. The highest BCUT2D eigenvalue weighted by Crippen LogP contribution is 2.31. The fourth-order valence-electron chi connectivity index (χ4n) is 4.49. The van der Waals surface area contributed by atoms with Crippen LogP contribution in [0.2, 0.25) is 0 Å². The second kappa shape index (κ2) is 7.29. The van der Waals surface area contributed by atoms with Crippen molar-refractivity contribution in [2.75, 3.05) is 13.1 Å². The van der Waals surface area contributed by atoms with Gasteiger partial charge >= 0.3 is 0 Å². The predicted molar refractivity (Wildman–Crippen MR) is 101 cm³/mol. The fraction of sp³-hybridized carbons (Fsp3) is 0.632. The number of sulfonamides is 1. The highest BCUT2D eigenvalue weighted by atomic mass is 32.2. The Labute approximate surface area is 156 Å². The summed E-state index contributed by atoms with van der Waals surface area (Å²) in [6, 6.07) is 5.89. The molecule has 1 aromatic carbocycles. The number of likely N-dealkylation sites (tertiary alicyclic amines) is 1. The third-order valence-electron chi connectivity index (χ3n) is 5.91. The maximum absolute atomic E-state index is 13.2. The van der Waals surface area contributed by atoms with Crippen LogP contribution in [0.3, 0.4) is 0 Å². The smallest absolute Gasteiger partial charge is 0.249 e. The molecule has 0 aliphatic carbocycles. The maximum atomic E-state index is 13.2.